The van der Waals surface area contributed by atoms with Crippen LogP contribution in [0.3, 0.4) is 0 Å². The van der Waals surface area contributed by atoms with Crippen LogP contribution in [0.5, 0.6) is 0 Å². The molecule has 8 nitrogen and oxygen atoms in total. The van der Waals surface area contributed by atoms with Gasteiger partial charge in [0, 0.05) is 33.6 Å². The number of hydrogen-bond donors (Lipinski definition) is 0. The van der Waals surface area contributed by atoms with Crippen molar-refractivity contribution in [3.05, 3.63) is 0 Å². The maximum absolute atomic E-state index is 11.9. The molecule has 144 valence electrons. The standard InChI is InChI=1S/C14H19F3O8/c1-8(18)22-9(2)23-11(19)6-4-5-7-12(20)24-10(3)25-13(21)14(15,16)17/h9-10H,4-7H2,1-3H3. The third-order valence-corrected chi connectivity index (χ3v) is 2.44. The molecule has 0 aliphatic rings. The van der Waals surface area contributed by atoms with Crippen LogP contribution in [-0.4, -0.2) is 42.6 Å². The van der Waals surface area contributed by atoms with Gasteiger partial charge in [-0.2, -0.15) is 13.2 Å². The number of esters is 4. The zero-order chi connectivity index (χ0) is 19.6. The lowest BCUT2D eigenvalue weighted by Crippen LogP contribution is -2.31. The summed E-state index contributed by atoms with van der Waals surface area (Å²) in [6.07, 6.45) is -7.72. The Hall–Kier alpha value is -2.33. The van der Waals surface area contributed by atoms with Crippen molar-refractivity contribution in [3.8, 4) is 0 Å². The number of carbonyl (C=O) groups is 4. The lowest BCUT2D eigenvalue weighted by Gasteiger charge is -2.15. The van der Waals surface area contributed by atoms with Crippen molar-refractivity contribution >= 4 is 23.9 Å². The van der Waals surface area contributed by atoms with E-state index in [-0.39, 0.29) is 25.7 Å². The average Bonchev–Trinajstić information content (AvgIpc) is 2.41. The molecule has 0 N–H and O–H groups in total. The van der Waals surface area contributed by atoms with Gasteiger partial charge >= 0.3 is 30.1 Å². The predicted molar refractivity (Wildman–Crippen MR) is 73.5 cm³/mol. The van der Waals surface area contributed by atoms with E-state index in [1.54, 1.807) is 0 Å². The van der Waals surface area contributed by atoms with Gasteiger partial charge in [0.15, 0.2) is 0 Å². The molecule has 0 fully saturated rings. The van der Waals surface area contributed by atoms with Crippen LogP contribution in [0.4, 0.5) is 13.2 Å². The fourth-order valence-electron chi connectivity index (χ4n) is 1.53. The Bertz CT molecular complexity index is 489. The van der Waals surface area contributed by atoms with E-state index in [1.807, 2.05) is 0 Å². The van der Waals surface area contributed by atoms with Crippen LogP contribution in [0.2, 0.25) is 0 Å². The van der Waals surface area contributed by atoms with E-state index in [4.69, 9.17) is 4.74 Å². The van der Waals surface area contributed by atoms with E-state index in [9.17, 15) is 32.3 Å². The summed E-state index contributed by atoms with van der Waals surface area (Å²) in [4.78, 5) is 43.9. The summed E-state index contributed by atoms with van der Waals surface area (Å²) in [5, 5.41) is 0. The van der Waals surface area contributed by atoms with Gasteiger partial charge in [-0.15, -0.1) is 0 Å². The Balaban J connectivity index is 3.91. The van der Waals surface area contributed by atoms with E-state index in [0.29, 0.717) is 0 Å². The van der Waals surface area contributed by atoms with Gasteiger partial charge in [-0.05, 0) is 12.8 Å². The molecule has 0 aliphatic heterocycles. The Labute approximate surface area is 141 Å². The van der Waals surface area contributed by atoms with Crippen molar-refractivity contribution in [2.45, 2.75) is 65.2 Å². The van der Waals surface area contributed by atoms with Crippen LogP contribution < -0.4 is 0 Å². The Morgan fingerprint density at radius 1 is 0.800 bits per heavy atom. The molecule has 0 amide bonds. The quantitative estimate of drug-likeness (QED) is 0.344. The molecule has 11 heteroatoms. The first kappa shape index (κ1) is 22.7. The van der Waals surface area contributed by atoms with Gasteiger partial charge in [0.2, 0.25) is 12.6 Å². The SMILES string of the molecule is CC(=O)OC(C)OC(=O)CCCCC(=O)OC(C)OC(=O)C(F)(F)F. The van der Waals surface area contributed by atoms with Crippen LogP contribution in [0.15, 0.2) is 0 Å². The number of carbonyl (C=O) groups excluding carboxylic acids is 4. The molecular weight excluding hydrogens is 353 g/mol. The van der Waals surface area contributed by atoms with Gasteiger partial charge in [0.1, 0.15) is 0 Å². The van der Waals surface area contributed by atoms with E-state index < -0.39 is 42.6 Å². The van der Waals surface area contributed by atoms with Crippen molar-refractivity contribution in [1.29, 1.82) is 0 Å². The average molecular weight is 372 g/mol. The molecule has 0 bridgehead atoms. The van der Waals surface area contributed by atoms with E-state index in [2.05, 4.69) is 14.2 Å². The molecule has 0 spiro atoms. The van der Waals surface area contributed by atoms with E-state index in [1.165, 1.54) is 6.92 Å². The number of unbranched alkanes of at least 4 members (excludes halogenated alkanes) is 1. The van der Waals surface area contributed by atoms with Crippen molar-refractivity contribution in [2.24, 2.45) is 0 Å². The second-order valence-corrected chi connectivity index (χ2v) is 4.83. The third-order valence-electron chi connectivity index (χ3n) is 2.44. The lowest BCUT2D eigenvalue weighted by atomic mass is 10.2. The first-order valence-corrected chi connectivity index (χ1v) is 7.25. The summed E-state index contributed by atoms with van der Waals surface area (Å²) in [5.41, 5.74) is 0. The molecule has 0 radical (unpaired) electrons. The Morgan fingerprint density at radius 3 is 1.56 bits per heavy atom. The second kappa shape index (κ2) is 10.5. The van der Waals surface area contributed by atoms with E-state index >= 15 is 0 Å². The zero-order valence-electron chi connectivity index (χ0n) is 13.9. The Kier molecular flexibility index (Phi) is 9.54. The highest BCUT2D eigenvalue weighted by Crippen LogP contribution is 2.18. The Morgan fingerprint density at radius 2 is 1.20 bits per heavy atom. The molecule has 25 heavy (non-hydrogen) atoms. The van der Waals surface area contributed by atoms with Gasteiger partial charge in [-0.1, -0.05) is 0 Å². The second-order valence-electron chi connectivity index (χ2n) is 4.83. The molecule has 0 aliphatic carbocycles. The highest BCUT2D eigenvalue weighted by atomic mass is 19.4. The number of alkyl halides is 3. The molecule has 0 saturated carbocycles. The normalized spacial score (nSPS) is 13.4. The van der Waals surface area contributed by atoms with Crippen LogP contribution in [0, 0.1) is 0 Å². The van der Waals surface area contributed by atoms with E-state index in [0.717, 1.165) is 13.8 Å². The van der Waals surface area contributed by atoms with Crippen molar-refractivity contribution in [2.75, 3.05) is 0 Å². The largest absolute Gasteiger partial charge is 0.491 e. The van der Waals surface area contributed by atoms with Crippen LogP contribution in [0.1, 0.15) is 46.5 Å². The highest BCUT2D eigenvalue weighted by Gasteiger charge is 2.42. The minimum Gasteiger partial charge on any atom is -0.426 e. The van der Waals surface area contributed by atoms with Gasteiger partial charge in [0.25, 0.3) is 0 Å². The summed E-state index contributed by atoms with van der Waals surface area (Å²) >= 11 is 0. The molecule has 2 unspecified atom stereocenters. The first-order chi connectivity index (χ1) is 11.4. The number of rotatable bonds is 9. The molecule has 2 atom stereocenters. The predicted octanol–water partition coefficient (Wildman–Crippen LogP) is 1.99. The van der Waals surface area contributed by atoms with Crippen molar-refractivity contribution in [1.82, 2.24) is 0 Å². The highest BCUT2D eigenvalue weighted by molar-refractivity contribution is 5.76. The molecule has 0 aromatic carbocycles. The minimum absolute atomic E-state index is 0.0580. The maximum Gasteiger partial charge on any atom is 0.491 e. The fourth-order valence-corrected chi connectivity index (χ4v) is 1.53. The van der Waals surface area contributed by atoms with Gasteiger partial charge < -0.3 is 18.9 Å². The van der Waals surface area contributed by atoms with Crippen LogP contribution in [-0.2, 0) is 38.1 Å². The summed E-state index contributed by atoms with van der Waals surface area (Å²) < 4.78 is 53.5. The summed E-state index contributed by atoms with van der Waals surface area (Å²) in [6, 6.07) is 0. The van der Waals surface area contributed by atoms with Gasteiger partial charge in [-0.25, -0.2) is 4.79 Å². The third kappa shape index (κ3) is 11.8. The molecule has 0 heterocycles. The summed E-state index contributed by atoms with van der Waals surface area (Å²) in [5.74, 6) is -4.60. The smallest absolute Gasteiger partial charge is 0.426 e. The minimum atomic E-state index is -5.18. The summed E-state index contributed by atoms with van der Waals surface area (Å²) in [6.45, 7) is 3.48. The lowest BCUT2D eigenvalue weighted by molar-refractivity contribution is -0.222. The number of hydrogen-bond acceptors (Lipinski definition) is 8. The maximum atomic E-state index is 11.9. The fraction of sp³-hybridized carbons (Fsp3) is 0.714. The van der Waals surface area contributed by atoms with Crippen molar-refractivity contribution < 1.29 is 51.3 Å². The van der Waals surface area contributed by atoms with Crippen LogP contribution in [0.25, 0.3) is 0 Å². The topological polar surface area (TPSA) is 105 Å². The van der Waals surface area contributed by atoms with Gasteiger partial charge in [0.05, 0.1) is 0 Å². The molecular formula is C14H19F3O8. The molecule has 0 rings (SSSR count). The number of ether oxygens (including phenoxy) is 4. The molecule has 0 saturated heterocycles. The molecule has 0 aromatic heterocycles. The molecule has 0 aromatic rings. The monoisotopic (exact) mass is 372 g/mol. The zero-order valence-corrected chi connectivity index (χ0v) is 13.9. The number of halogens is 3. The first-order valence-electron chi connectivity index (χ1n) is 7.25. The summed E-state index contributed by atoms with van der Waals surface area (Å²) in [7, 11) is 0. The van der Waals surface area contributed by atoms with Crippen molar-refractivity contribution in [3.63, 3.8) is 0 Å². The van der Waals surface area contributed by atoms with Crippen LogP contribution >= 0.6 is 0 Å². The van der Waals surface area contributed by atoms with Gasteiger partial charge in [-0.3, -0.25) is 14.4 Å².